The molecular formula is C14H22ClFN2. The number of nitrogens with one attached hydrogen (secondary N) is 1. The third-order valence-corrected chi connectivity index (χ3v) is 3.38. The zero-order chi connectivity index (χ0) is 13.4. The molecule has 0 aliphatic rings. The van der Waals surface area contributed by atoms with Crippen LogP contribution in [0, 0.1) is 0 Å². The maximum absolute atomic E-state index is 12.6. The van der Waals surface area contributed by atoms with Crippen LogP contribution in [0.15, 0.2) is 18.2 Å². The van der Waals surface area contributed by atoms with Crippen LogP contribution >= 0.6 is 11.6 Å². The van der Waals surface area contributed by atoms with E-state index in [-0.39, 0.29) is 0 Å². The number of hydrogen-bond donors (Lipinski definition) is 1. The highest BCUT2D eigenvalue weighted by molar-refractivity contribution is 6.35. The topological polar surface area (TPSA) is 15.3 Å². The molecular weight excluding hydrogens is 251 g/mol. The Bertz CT molecular complexity index is 350. The van der Waals surface area contributed by atoms with Crippen molar-refractivity contribution in [2.75, 3.05) is 23.5 Å². The van der Waals surface area contributed by atoms with Crippen molar-refractivity contribution >= 4 is 23.0 Å². The number of unbranched alkanes of at least 4 members (excludes halogenated alkanes) is 2. The number of nitrogens with zero attached hydrogens (tertiary/aromatic N) is 1. The first kappa shape index (κ1) is 15.1. The number of hydrogen-bond acceptors (Lipinski definition) is 2. The second-order valence-electron chi connectivity index (χ2n) is 4.43. The molecule has 0 spiro atoms. The van der Waals surface area contributed by atoms with Crippen LogP contribution in [0.1, 0.15) is 39.5 Å². The summed E-state index contributed by atoms with van der Waals surface area (Å²) < 4.78 is 12.6. The number of halogens is 2. The van der Waals surface area contributed by atoms with E-state index in [2.05, 4.69) is 18.7 Å². The summed E-state index contributed by atoms with van der Waals surface area (Å²) in [5.41, 5.74) is 2.90. The number of rotatable bonds is 8. The highest BCUT2D eigenvalue weighted by Gasteiger charge is 2.12. The molecule has 0 unspecified atom stereocenters. The van der Waals surface area contributed by atoms with E-state index in [1.165, 1.54) is 0 Å². The maximum Gasteiger partial charge on any atom is 0.0896 e. The molecule has 1 N–H and O–H groups in total. The van der Waals surface area contributed by atoms with E-state index < -0.39 is 0 Å². The largest absolute Gasteiger partial charge is 0.370 e. The Morgan fingerprint density at radius 3 is 2.28 bits per heavy atom. The van der Waals surface area contributed by atoms with E-state index >= 15 is 0 Å². The third-order valence-electron chi connectivity index (χ3n) is 2.98. The molecule has 0 bridgehead atoms. The fourth-order valence-electron chi connectivity index (χ4n) is 1.89. The Kier molecular flexibility index (Phi) is 6.88. The summed E-state index contributed by atoms with van der Waals surface area (Å²) >= 11 is 6.22. The summed E-state index contributed by atoms with van der Waals surface area (Å²) in [6.45, 7) is 6.26. The van der Waals surface area contributed by atoms with Gasteiger partial charge < -0.3 is 4.90 Å². The van der Waals surface area contributed by atoms with Crippen LogP contribution in [0.4, 0.5) is 15.9 Å². The van der Waals surface area contributed by atoms with Crippen LogP contribution in [0.2, 0.25) is 5.02 Å². The summed E-state index contributed by atoms with van der Waals surface area (Å²) in [5, 5.41) is 0.465. The fraction of sp³-hybridized carbons (Fsp3) is 0.571. The van der Waals surface area contributed by atoms with Crippen LogP contribution in [0.5, 0.6) is 0 Å². The highest BCUT2D eigenvalue weighted by Crippen LogP contribution is 2.33. The van der Waals surface area contributed by atoms with E-state index in [1.54, 1.807) is 11.6 Å². The first-order valence-electron chi connectivity index (χ1n) is 6.64. The van der Waals surface area contributed by atoms with Gasteiger partial charge in [-0.3, -0.25) is 0 Å². The van der Waals surface area contributed by atoms with Crippen LogP contribution in [-0.2, 0) is 0 Å². The summed E-state index contributed by atoms with van der Waals surface area (Å²) in [6, 6.07) is 5.42. The van der Waals surface area contributed by atoms with Crippen molar-refractivity contribution in [3.63, 3.8) is 0 Å². The van der Waals surface area contributed by atoms with Crippen molar-refractivity contribution in [2.24, 2.45) is 0 Å². The molecule has 4 heteroatoms. The van der Waals surface area contributed by atoms with E-state index in [1.807, 2.05) is 12.1 Å². The zero-order valence-electron chi connectivity index (χ0n) is 11.2. The van der Waals surface area contributed by atoms with Gasteiger partial charge in [0.15, 0.2) is 0 Å². The lowest BCUT2D eigenvalue weighted by molar-refractivity contribution is 0.617. The zero-order valence-corrected chi connectivity index (χ0v) is 11.9. The minimum Gasteiger partial charge on any atom is -0.370 e. The van der Waals surface area contributed by atoms with Crippen LogP contribution in [0.3, 0.4) is 0 Å². The molecule has 0 atom stereocenters. The second-order valence-corrected chi connectivity index (χ2v) is 4.81. The van der Waals surface area contributed by atoms with E-state index in [0.29, 0.717) is 10.7 Å². The molecule has 2 nitrogen and oxygen atoms in total. The van der Waals surface area contributed by atoms with Crippen molar-refractivity contribution in [2.45, 2.75) is 39.5 Å². The standard InChI is InChI=1S/C14H22ClFN2/c1-3-5-10-18(11-6-4-2)13-9-7-8-12(17-16)14(13)15/h7-9,17H,3-6,10-11H2,1-2H3. The molecule has 0 heterocycles. The lowest BCUT2D eigenvalue weighted by atomic mass is 10.2. The lowest BCUT2D eigenvalue weighted by Gasteiger charge is -2.26. The Labute approximate surface area is 114 Å². The van der Waals surface area contributed by atoms with E-state index in [4.69, 9.17) is 11.6 Å². The second kappa shape index (κ2) is 8.20. The summed E-state index contributed by atoms with van der Waals surface area (Å²) in [6.07, 6.45) is 4.52. The molecule has 0 aliphatic carbocycles. The lowest BCUT2D eigenvalue weighted by Crippen LogP contribution is -2.26. The van der Waals surface area contributed by atoms with Gasteiger partial charge in [-0.25, -0.2) is 5.54 Å². The molecule has 0 radical (unpaired) electrons. The van der Waals surface area contributed by atoms with Gasteiger partial charge in [-0.1, -0.05) is 44.4 Å². The van der Waals surface area contributed by atoms with Crippen molar-refractivity contribution in [1.29, 1.82) is 0 Å². The monoisotopic (exact) mass is 272 g/mol. The predicted molar refractivity (Wildman–Crippen MR) is 78.2 cm³/mol. The highest BCUT2D eigenvalue weighted by atomic mass is 35.5. The van der Waals surface area contributed by atoms with Crippen molar-refractivity contribution < 1.29 is 4.48 Å². The summed E-state index contributed by atoms with van der Waals surface area (Å²) in [7, 11) is 0. The van der Waals surface area contributed by atoms with Gasteiger partial charge >= 0.3 is 0 Å². The number of benzene rings is 1. The summed E-state index contributed by atoms with van der Waals surface area (Å²) in [5.74, 6) is 0. The molecule has 0 fully saturated rings. The molecule has 1 rings (SSSR count). The quantitative estimate of drug-likeness (QED) is 0.667. The minimum atomic E-state index is 0.340. The van der Waals surface area contributed by atoms with Gasteiger partial charge in [-0.05, 0) is 25.0 Å². The molecule has 18 heavy (non-hydrogen) atoms. The Morgan fingerprint density at radius 2 is 1.78 bits per heavy atom. The predicted octanol–water partition coefficient (Wildman–Crippen LogP) is 5.04. The Hall–Kier alpha value is -0.960. The molecule has 0 saturated heterocycles. The SMILES string of the molecule is CCCCN(CCCC)c1cccc(NF)c1Cl. The van der Waals surface area contributed by atoms with Crippen molar-refractivity contribution in [3.05, 3.63) is 23.2 Å². The Morgan fingerprint density at radius 1 is 1.17 bits per heavy atom. The molecule has 1 aromatic rings. The normalized spacial score (nSPS) is 10.4. The van der Waals surface area contributed by atoms with Gasteiger partial charge in [0.05, 0.1) is 16.4 Å². The van der Waals surface area contributed by atoms with Gasteiger partial charge in [-0.2, -0.15) is 0 Å². The molecule has 0 aromatic heterocycles. The Balaban J connectivity index is 2.88. The number of anilines is 2. The minimum absolute atomic E-state index is 0.340. The molecule has 0 amide bonds. The maximum atomic E-state index is 12.6. The van der Waals surface area contributed by atoms with Gasteiger partial charge in [-0.15, -0.1) is 4.48 Å². The van der Waals surface area contributed by atoms with E-state index in [9.17, 15) is 4.48 Å². The average molecular weight is 273 g/mol. The molecule has 0 saturated carbocycles. The molecule has 102 valence electrons. The van der Waals surface area contributed by atoms with E-state index in [0.717, 1.165) is 44.5 Å². The van der Waals surface area contributed by atoms with Gasteiger partial charge in [0.25, 0.3) is 0 Å². The van der Waals surface area contributed by atoms with Gasteiger partial charge in [0.1, 0.15) is 0 Å². The van der Waals surface area contributed by atoms with Crippen LogP contribution in [0.25, 0.3) is 0 Å². The molecule has 0 aliphatic heterocycles. The first-order valence-corrected chi connectivity index (χ1v) is 7.02. The van der Waals surface area contributed by atoms with Gasteiger partial charge in [0, 0.05) is 13.1 Å². The van der Waals surface area contributed by atoms with Gasteiger partial charge in [0.2, 0.25) is 0 Å². The van der Waals surface area contributed by atoms with Crippen LogP contribution < -0.4 is 10.4 Å². The van der Waals surface area contributed by atoms with Crippen molar-refractivity contribution in [3.8, 4) is 0 Å². The summed E-state index contributed by atoms with van der Waals surface area (Å²) in [4.78, 5) is 2.25. The fourth-order valence-corrected chi connectivity index (χ4v) is 2.17. The van der Waals surface area contributed by atoms with Crippen LogP contribution in [-0.4, -0.2) is 13.1 Å². The van der Waals surface area contributed by atoms with Crippen molar-refractivity contribution in [1.82, 2.24) is 0 Å². The first-order chi connectivity index (χ1) is 8.74. The average Bonchev–Trinajstić information content (AvgIpc) is 2.40. The molecule has 1 aromatic carbocycles. The third kappa shape index (κ3) is 4.05. The smallest absolute Gasteiger partial charge is 0.0896 e.